The van der Waals surface area contributed by atoms with Gasteiger partial charge in [0, 0.05) is 6.20 Å². The Labute approximate surface area is 504 Å². The van der Waals surface area contributed by atoms with Crippen LogP contribution in [0.15, 0.2) is 199 Å². The fourth-order valence-corrected chi connectivity index (χ4v) is 12.5. The quantitative estimate of drug-likeness (QED) is 0.149. The molecule has 0 saturated carbocycles. The summed E-state index contributed by atoms with van der Waals surface area (Å²) in [6, 6.07) is 60.0. The maximum atomic E-state index is 9.74. The van der Waals surface area contributed by atoms with Gasteiger partial charge in [-0.3, -0.25) is 0 Å². The number of para-hydroxylation sites is 3. The summed E-state index contributed by atoms with van der Waals surface area (Å²) in [6.07, 6.45) is 1.88. The molecule has 0 fully saturated rings. The molecular weight excluding hydrogens is 1200 g/mol. The van der Waals surface area contributed by atoms with Gasteiger partial charge >= 0.3 is 451 Å². The third-order valence-corrected chi connectivity index (χ3v) is 17.1. The number of benzene rings is 9. The van der Waals surface area contributed by atoms with Gasteiger partial charge in [-0.1, -0.05) is 32.9 Å². The molecule has 0 N–H and O–H groups in total. The number of aromatic nitrogens is 4. The first-order valence-electron chi connectivity index (χ1n) is 30.9. The summed E-state index contributed by atoms with van der Waals surface area (Å²) in [5.41, 5.74) is 13.4. The molecule has 0 bridgehead atoms. The zero-order chi connectivity index (χ0) is 62.3. The Morgan fingerprint density at radius 1 is 0.482 bits per heavy atom. The molecule has 0 aliphatic heterocycles. The molecule has 0 amide bonds. The van der Waals surface area contributed by atoms with Crippen LogP contribution in [0.4, 0.5) is 0 Å². The first-order valence-corrected chi connectivity index (χ1v) is 29.5. The van der Waals surface area contributed by atoms with Crippen LogP contribution in [0.25, 0.3) is 105 Å². The second kappa shape index (κ2) is 20.0. The van der Waals surface area contributed by atoms with Crippen molar-refractivity contribution in [2.75, 3.05) is 0 Å². The van der Waals surface area contributed by atoms with Crippen LogP contribution in [0.1, 0.15) is 112 Å². The van der Waals surface area contributed by atoms with Crippen molar-refractivity contribution in [3.63, 3.8) is 0 Å². The minimum absolute atomic E-state index is 0.105. The zero-order valence-electron chi connectivity index (χ0n) is 54.0. The van der Waals surface area contributed by atoms with E-state index in [2.05, 4.69) is 237 Å². The third-order valence-electron chi connectivity index (χ3n) is 16.1. The summed E-state index contributed by atoms with van der Waals surface area (Å²) in [6.45, 7) is 26.5. The first kappa shape index (κ1) is 48.2. The molecule has 0 spiro atoms. The summed E-state index contributed by atoms with van der Waals surface area (Å²) in [4.78, 5) is 4.92. The van der Waals surface area contributed by atoms with Gasteiger partial charge in [-0.25, -0.2) is 0 Å². The van der Waals surface area contributed by atoms with Crippen LogP contribution in [-0.2, 0) is 41.0 Å². The summed E-state index contributed by atoms with van der Waals surface area (Å²) in [5, 5.41) is 3.83. The number of nitrogens with zero attached hydrogens (tertiary/aromatic N) is 4. The molecule has 6 nitrogen and oxygen atoms in total. The molecule has 0 unspecified atom stereocenters. The fourth-order valence-electron chi connectivity index (χ4n) is 11.5. The van der Waals surface area contributed by atoms with Gasteiger partial charge in [-0.15, -0.1) is 0 Å². The summed E-state index contributed by atoms with van der Waals surface area (Å²) >= 11 is 2.40. The zero-order valence-corrected chi connectivity index (χ0v) is 51.3. The first-order chi connectivity index (χ1) is 41.7. The molecule has 13 rings (SSSR count). The van der Waals surface area contributed by atoms with Gasteiger partial charge < -0.3 is 0 Å². The molecule has 0 radical (unpaired) electrons. The van der Waals surface area contributed by atoms with E-state index in [1.807, 2.05) is 54.7 Å². The molecule has 4 heterocycles. The number of ether oxygens (including phenoxy) is 1. The summed E-state index contributed by atoms with van der Waals surface area (Å²) < 4.78 is 68.2. The monoisotopic (exact) mass is 1270 g/mol. The number of pyridine rings is 1. The van der Waals surface area contributed by atoms with E-state index in [0.717, 1.165) is 93.9 Å². The molecule has 0 aliphatic rings. The van der Waals surface area contributed by atoms with E-state index in [0.29, 0.717) is 43.2 Å². The predicted octanol–water partition coefficient (Wildman–Crippen LogP) is 20.5. The van der Waals surface area contributed by atoms with Gasteiger partial charge in [0.25, 0.3) is 0 Å². The average molecular weight is 1270 g/mol. The third kappa shape index (κ3) is 9.59. The number of imidazole rings is 1. The number of hydrogen-bond acceptors (Lipinski definition) is 3. The Balaban J connectivity index is 1.17. The van der Waals surface area contributed by atoms with Crippen molar-refractivity contribution in [2.24, 2.45) is 0 Å². The molecular formula is C76H68N4O2Pt-2. The number of hydrogen-bond donors (Lipinski definition) is 0. The second-order valence-electron chi connectivity index (χ2n) is 25.9. The van der Waals surface area contributed by atoms with E-state index >= 15 is 0 Å². The number of fused-ring (bicyclic) bond motifs is 7. The Morgan fingerprint density at radius 3 is 1.77 bits per heavy atom. The molecule has 0 atom stereocenters. The van der Waals surface area contributed by atoms with Crippen LogP contribution in [0.5, 0.6) is 11.5 Å². The van der Waals surface area contributed by atoms with E-state index in [1.165, 1.54) is 0 Å². The van der Waals surface area contributed by atoms with Crippen LogP contribution < -0.4 is 4.74 Å². The van der Waals surface area contributed by atoms with Crippen molar-refractivity contribution in [3.05, 3.63) is 232 Å². The molecule has 83 heavy (non-hydrogen) atoms. The van der Waals surface area contributed by atoms with Crippen molar-refractivity contribution in [1.82, 2.24) is 18.5 Å². The van der Waals surface area contributed by atoms with Crippen molar-refractivity contribution < 1.29 is 35.4 Å². The van der Waals surface area contributed by atoms with Crippen LogP contribution in [0.3, 0.4) is 0 Å². The Hall–Kier alpha value is -8.31. The summed E-state index contributed by atoms with van der Waals surface area (Å²) in [7, 11) is 0. The maximum absolute atomic E-state index is 9.74. The SMILES string of the molecule is [2H]c1c([2H])c([2H])c(-c2cc(C(C)(C)C)cc(-c3cc(C(C)(C)C)cc(C(C)(C)C)c3)c2-n2[c](=[Pt])n3c4[c-]c(Oc5[c-]c6c(cc5)c5ccccc5n6-c5cc(C(C)(C)C)ccn5)ccc4oc4c(-c5ccccc5)cccc4c4cccc2c43)c([2H])c1[2H]. The molecule has 4 aromatic heterocycles. The van der Waals surface area contributed by atoms with E-state index < -0.39 is 23.5 Å². The minimum atomic E-state index is -0.455. The Bertz CT molecular complexity index is 5080. The van der Waals surface area contributed by atoms with Crippen LogP contribution in [0, 0.1) is 15.9 Å². The van der Waals surface area contributed by atoms with Crippen molar-refractivity contribution in [1.29, 1.82) is 0 Å². The fraction of sp³-hybridized carbons (Fsp3) is 0.211. The van der Waals surface area contributed by atoms with Gasteiger partial charge in [-0.05, 0) is 17.0 Å². The van der Waals surface area contributed by atoms with E-state index in [9.17, 15) is 5.48 Å². The van der Waals surface area contributed by atoms with Crippen LogP contribution in [-0.4, -0.2) is 18.5 Å². The van der Waals surface area contributed by atoms with Crippen molar-refractivity contribution in [2.45, 2.75) is 105 Å². The van der Waals surface area contributed by atoms with Crippen LogP contribution in [0.2, 0.25) is 0 Å². The molecule has 9 aromatic carbocycles. The number of rotatable bonds is 7. The van der Waals surface area contributed by atoms with Crippen molar-refractivity contribution >= 4 is 60.3 Å². The summed E-state index contributed by atoms with van der Waals surface area (Å²) in [5.74, 6) is 1.68. The van der Waals surface area contributed by atoms with Gasteiger partial charge in [0.2, 0.25) is 0 Å². The van der Waals surface area contributed by atoms with Crippen molar-refractivity contribution in [3.8, 4) is 56.4 Å². The Kier molecular flexibility index (Phi) is 11.6. The molecule has 7 heteroatoms. The topological polar surface area (TPSA) is 49.5 Å². The van der Waals surface area contributed by atoms with Gasteiger partial charge in [0.05, 0.1) is 0 Å². The van der Waals surface area contributed by atoms with E-state index in [4.69, 9.17) is 15.5 Å². The molecule has 13 aromatic rings. The predicted molar refractivity (Wildman–Crippen MR) is 341 cm³/mol. The molecule has 0 saturated heterocycles. The average Bonchev–Trinajstić information content (AvgIpc) is 1.52. The standard InChI is InChI=1S/C76H68N4O2.Pt/c1-73(2,3)51-37-38-77-69(44-51)80-64-31-20-19-27-58(64)59-35-33-55(45-66(59)80)81-56-34-36-68-67(46-56)79-47-78(65-32-22-29-60(71(65)79)61-30-21-28-57(72(61)82-68)48-23-15-13-16-24-48)70-62(49-25-17-14-18-26-49)42-54(76(10,11)12)43-63(70)50-39-52(74(4,5)6)41-53(40-50)75(7,8)9;/h13-44H,1-12H3;/q-2;/i14D,17D,18D,25D,26D;. The molecule has 416 valence electrons. The van der Waals surface area contributed by atoms with Crippen LogP contribution >= 0.6 is 0 Å². The van der Waals surface area contributed by atoms with Gasteiger partial charge in [-0.2, -0.15) is 0 Å². The molecule has 0 aliphatic carbocycles. The van der Waals surface area contributed by atoms with Gasteiger partial charge in [0.1, 0.15) is 0 Å². The van der Waals surface area contributed by atoms with Gasteiger partial charge in [0.15, 0.2) is 0 Å². The second-order valence-corrected chi connectivity index (χ2v) is 26.9. The Morgan fingerprint density at radius 2 is 1.07 bits per heavy atom. The normalized spacial score (nSPS) is 13.5. The van der Waals surface area contributed by atoms with E-state index in [-0.39, 0.29) is 33.9 Å². The van der Waals surface area contributed by atoms with E-state index in [1.54, 1.807) is 0 Å².